The van der Waals surface area contributed by atoms with Crippen LogP contribution in [0.15, 0.2) is 24.3 Å². The van der Waals surface area contributed by atoms with Gasteiger partial charge in [0, 0.05) is 36.1 Å². The first-order chi connectivity index (χ1) is 12.1. The number of piperidine rings is 1. The van der Waals surface area contributed by atoms with Crippen LogP contribution in [0.3, 0.4) is 0 Å². The fourth-order valence-electron chi connectivity index (χ4n) is 4.22. The summed E-state index contributed by atoms with van der Waals surface area (Å²) in [5.74, 6) is 0.864. The number of amides is 2. The van der Waals surface area contributed by atoms with E-state index in [1.807, 2.05) is 0 Å². The van der Waals surface area contributed by atoms with E-state index in [0.29, 0.717) is 36.0 Å². The number of benzene rings is 1. The normalized spacial score (nSPS) is 23.0. The largest absolute Gasteiger partial charge is 0.352 e. The average Bonchev–Trinajstić information content (AvgIpc) is 2.65. The molecule has 3 rings (SSSR count). The Balaban J connectivity index is 1.41. The molecule has 2 amide bonds. The van der Waals surface area contributed by atoms with Crippen molar-refractivity contribution in [2.45, 2.75) is 57.4 Å². The van der Waals surface area contributed by atoms with Gasteiger partial charge in [0.2, 0.25) is 5.91 Å². The molecule has 2 fully saturated rings. The fraction of sp³-hybridized carbons (Fsp3) is 0.600. The summed E-state index contributed by atoms with van der Waals surface area (Å²) in [7, 11) is 0. The second-order valence-corrected chi connectivity index (χ2v) is 7.64. The van der Waals surface area contributed by atoms with Gasteiger partial charge in [-0.25, -0.2) is 0 Å². The average molecular weight is 363 g/mol. The molecule has 1 aliphatic carbocycles. The molecule has 5 heteroatoms. The quantitative estimate of drug-likeness (QED) is 0.804. The van der Waals surface area contributed by atoms with E-state index in [1.165, 1.54) is 32.1 Å². The number of likely N-dealkylation sites (tertiary alicyclic amines) is 1. The molecule has 1 saturated carbocycles. The highest BCUT2D eigenvalue weighted by Gasteiger charge is 2.35. The number of carbonyl (C=O) groups is 2. The van der Waals surface area contributed by atoms with Crippen LogP contribution in [0.1, 0.15) is 61.7 Å². The van der Waals surface area contributed by atoms with Gasteiger partial charge >= 0.3 is 0 Å². The van der Waals surface area contributed by atoms with Gasteiger partial charge < -0.3 is 10.2 Å². The van der Waals surface area contributed by atoms with Crippen molar-refractivity contribution in [3.8, 4) is 0 Å². The van der Waals surface area contributed by atoms with Gasteiger partial charge in [0.1, 0.15) is 0 Å². The third kappa shape index (κ3) is 4.75. The van der Waals surface area contributed by atoms with E-state index < -0.39 is 0 Å². The minimum Gasteiger partial charge on any atom is -0.352 e. The third-order valence-electron chi connectivity index (χ3n) is 5.52. The van der Waals surface area contributed by atoms with Crippen molar-refractivity contribution in [2.24, 2.45) is 5.92 Å². The molecule has 0 unspecified atom stereocenters. The zero-order valence-corrected chi connectivity index (χ0v) is 15.4. The van der Waals surface area contributed by atoms with Crippen molar-refractivity contribution in [1.29, 1.82) is 0 Å². The minimum absolute atomic E-state index is 0.116. The summed E-state index contributed by atoms with van der Waals surface area (Å²) in [6, 6.07) is 7.30. The van der Waals surface area contributed by atoms with E-state index in [-0.39, 0.29) is 11.8 Å². The van der Waals surface area contributed by atoms with Gasteiger partial charge in [0.05, 0.1) is 0 Å². The van der Waals surface area contributed by atoms with Gasteiger partial charge in [-0.3, -0.25) is 9.59 Å². The van der Waals surface area contributed by atoms with Gasteiger partial charge in [-0.1, -0.05) is 24.4 Å². The van der Waals surface area contributed by atoms with Gasteiger partial charge in [-0.2, -0.15) is 0 Å². The maximum Gasteiger partial charge on any atom is 0.251 e. The maximum atomic E-state index is 12.6. The second-order valence-electron chi connectivity index (χ2n) is 7.21. The summed E-state index contributed by atoms with van der Waals surface area (Å²) < 4.78 is 0. The Labute approximate surface area is 154 Å². The van der Waals surface area contributed by atoms with E-state index in [1.54, 1.807) is 24.3 Å². The first-order valence-electron chi connectivity index (χ1n) is 9.48. The SMILES string of the molecule is O=C(NCCCC(=O)N1CCC[C@H]2CCCC[C@@H]21)c1ccc(Cl)cc1. The summed E-state index contributed by atoms with van der Waals surface area (Å²) in [4.78, 5) is 26.8. The van der Waals surface area contributed by atoms with E-state index >= 15 is 0 Å². The lowest BCUT2D eigenvalue weighted by Gasteiger charge is -2.44. The summed E-state index contributed by atoms with van der Waals surface area (Å²) in [6.45, 7) is 1.44. The Bertz CT molecular complexity index is 600. The van der Waals surface area contributed by atoms with Crippen LogP contribution in [0.25, 0.3) is 0 Å². The Morgan fingerprint density at radius 3 is 2.60 bits per heavy atom. The molecule has 0 bridgehead atoms. The van der Waals surface area contributed by atoms with Crippen LogP contribution >= 0.6 is 11.6 Å². The number of nitrogens with zero attached hydrogens (tertiary/aromatic N) is 1. The van der Waals surface area contributed by atoms with Crippen LogP contribution in [0.2, 0.25) is 5.02 Å². The van der Waals surface area contributed by atoms with Crippen LogP contribution in [-0.4, -0.2) is 35.8 Å². The highest BCUT2D eigenvalue weighted by atomic mass is 35.5. The number of fused-ring (bicyclic) bond motifs is 1. The van der Waals surface area contributed by atoms with Crippen molar-refractivity contribution in [3.63, 3.8) is 0 Å². The van der Waals surface area contributed by atoms with Crippen LogP contribution in [-0.2, 0) is 4.79 Å². The second kappa shape index (κ2) is 8.70. The molecule has 2 aliphatic rings. The number of carbonyl (C=O) groups excluding carboxylic acids is 2. The summed E-state index contributed by atoms with van der Waals surface area (Å²) >= 11 is 5.83. The Kier molecular flexibility index (Phi) is 6.35. The molecule has 1 N–H and O–H groups in total. The lowest BCUT2D eigenvalue weighted by Crippen LogP contribution is -2.49. The molecule has 1 aromatic rings. The minimum atomic E-state index is -0.116. The predicted octanol–water partition coefficient (Wildman–Crippen LogP) is 4.03. The first kappa shape index (κ1) is 18.2. The molecule has 0 aromatic heterocycles. The number of hydrogen-bond acceptors (Lipinski definition) is 2. The molecule has 1 heterocycles. The number of halogens is 1. The van der Waals surface area contributed by atoms with E-state index in [9.17, 15) is 9.59 Å². The molecule has 1 aliphatic heterocycles. The fourth-order valence-corrected chi connectivity index (χ4v) is 4.35. The summed E-state index contributed by atoms with van der Waals surface area (Å²) in [6.07, 6.45) is 8.65. The number of hydrogen-bond donors (Lipinski definition) is 1. The van der Waals surface area contributed by atoms with E-state index in [0.717, 1.165) is 18.9 Å². The highest BCUT2D eigenvalue weighted by molar-refractivity contribution is 6.30. The molecule has 1 aromatic carbocycles. The van der Waals surface area contributed by atoms with Crippen LogP contribution in [0.5, 0.6) is 0 Å². The monoisotopic (exact) mass is 362 g/mol. The van der Waals surface area contributed by atoms with Gasteiger partial charge in [-0.05, 0) is 62.3 Å². The standard InChI is InChI=1S/C20H27ClN2O2/c21-17-11-9-16(10-12-17)20(25)22-13-3-8-19(24)23-14-4-6-15-5-1-2-7-18(15)23/h9-12,15,18H,1-8,13-14H2,(H,22,25)/t15-,18+/m1/s1. The van der Waals surface area contributed by atoms with Crippen LogP contribution in [0, 0.1) is 5.92 Å². The third-order valence-corrected chi connectivity index (χ3v) is 5.77. The van der Waals surface area contributed by atoms with Gasteiger partial charge in [0.15, 0.2) is 0 Å². The molecular formula is C20H27ClN2O2. The first-order valence-corrected chi connectivity index (χ1v) is 9.86. The lowest BCUT2D eigenvalue weighted by molar-refractivity contribution is -0.137. The smallest absolute Gasteiger partial charge is 0.251 e. The van der Waals surface area contributed by atoms with E-state index in [2.05, 4.69) is 10.2 Å². The maximum absolute atomic E-state index is 12.6. The summed E-state index contributed by atoms with van der Waals surface area (Å²) in [5.41, 5.74) is 0.594. The highest BCUT2D eigenvalue weighted by Crippen LogP contribution is 2.35. The van der Waals surface area contributed by atoms with Gasteiger partial charge in [0.25, 0.3) is 5.91 Å². The molecule has 4 nitrogen and oxygen atoms in total. The molecule has 0 spiro atoms. The van der Waals surface area contributed by atoms with Crippen molar-refractivity contribution in [1.82, 2.24) is 10.2 Å². The molecule has 136 valence electrons. The Morgan fingerprint density at radius 2 is 1.80 bits per heavy atom. The number of nitrogens with one attached hydrogen (secondary N) is 1. The zero-order valence-electron chi connectivity index (χ0n) is 14.7. The zero-order chi connectivity index (χ0) is 17.6. The van der Waals surface area contributed by atoms with E-state index in [4.69, 9.17) is 11.6 Å². The van der Waals surface area contributed by atoms with Crippen molar-refractivity contribution in [2.75, 3.05) is 13.1 Å². The Morgan fingerprint density at radius 1 is 1.08 bits per heavy atom. The van der Waals surface area contributed by atoms with Crippen LogP contribution < -0.4 is 5.32 Å². The van der Waals surface area contributed by atoms with Crippen molar-refractivity contribution < 1.29 is 9.59 Å². The van der Waals surface area contributed by atoms with Crippen LogP contribution in [0.4, 0.5) is 0 Å². The van der Waals surface area contributed by atoms with Crippen molar-refractivity contribution >= 4 is 23.4 Å². The Hall–Kier alpha value is -1.55. The molecule has 0 radical (unpaired) electrons. The molecule has 2 atom stereocenters. The molecule has 25 heavy (non-hydrogen) atoms. The number of rotatable bonds is 5. The predicted molar refractivity (Wildman–Crippen MR) is 99.7 cm³/mol. The van der Waals surface area contributed by atoms with Crippen molar-refractivity contribution in [3.05, 3.63) is 34.9 Å². The molecular weight excluding hydrogens is 336 g/mol. The van der Waals surface area contributed by atoms with Gasteiger partial charge in [-0.15, -0.1) is 0 Å². The summed E-state index contributed by atoms with van der Waals surface area (Å²) in [5, 5.41) is 3.50. The molecule has 1 saturated heterocycles. The topological polar surface area (TPSA) is 49.4 Å². The lowest BCUT2D eigenvalue weighted by atomic mass is 9.78.